The minimum atomic E-state index is -0.122. The van der Waals surface area contributed by atoms with Crippen molar-refractivity contribution in [2.75, 3.05) is 11.4 Å². The molecule has 0 atom stereocenters. The highest BCUT2D eigenvalue weighted by atomic mass is 35.5. The van der Waals surface area contributed by atoms with Gasteiger partial charge in [-0.2, -0.15) is 0 Å². The molecule has 1 amide bonds. The highest BCUT2D eigenvalue weighted by Crippen LogP contribution is 2.23. The van der Waals surface area contributed by atoms with Crippen LogP contribution in [0.25, 0.3) is 0 Å². The van der Waals surface area contributed by atoms with E-state index in [1.165, 1.54) is 11.3 Å². The third-order valence-corrected chi connectivity index (χ3v) is 4.16. The molecule has 1 aromatic heterocycles. The molecule has 6 heteroatoms. The smallest absolute Gasteiger partial charge is 0.289 e. The number of benzene rings is 1. The van der Waals surface area contributed by atoms with Crippen molar-refractivity contribution in [3.05, 3.63) is 39.3 Å². The number of anilines is 1. The molecule has 2 rings (SSSR count). The number of carbonyl (C=O) groups is 1. The van der Waals surface area contributed by atoms with E-state index in [9.17, 15) is 4.79 Å². The molecule has 1 heterocycles. The van der Waals surface area contributed by atoms with Crippen molar-refractivity contribution in [2.45, 2.75) is 27.2 Å². The number of hydrogen-bond acceptors (Lipinski definition) is 4. The monoisotopic (exact) mass is 323 g/mol. The number of aromatic nitrogens is 2. The predicted octanol–water partition coefficient (Wildman–Crippen LogP) is 4.06. The molecule has 0 unspecified atom stereocenters. The average molecular weight is 324 g/mol. The van der Waals surface area contributed by atoms with E-state index in [2.05, 4.69) is 24.0 Å². The van der Waals surface area contributed by atoms with E-state index >= 15 is 0 Å². The number of nitrogens with zero attached hydrogens (tertiary/aromatic N) is 3. The highest BCUT2D eigenvalue weighted by Gasteiger charge is 2.22. The topological polar surface area (TPSA) is 46.1 Å². The Morgan fingerprint density at radius 2 is 2.14 bits per heavy atom. The Labute approximate surface area is 133 Å². The van der Waals surface area contributed by atoms with Crippen LogP contribution in [0.15, 0.2) is 24.3 Å². The lowest BCUT2D eigenvalue weighted by molar-refractivity contribution is 0.0983. The summed E-state index contributed by atoms with van der Waals surface area (Å²) in [6.07, 6.45) is 0.784. The van der Waals surface area contributed by atoms with E-state index in [0.29, 0.717) is 22.5 Å². The normalized spacial score (nSPS) is 10.9. The van der Waals surface area contributed by atoms with Gasteiger partial charge in [-0.15, -0.1) is 10.2 Å². The van der Waals surface area contributed by atoms with Crippen molar-refractivity contribution in [1.29, 1.82) is 0 Å². The van der Waals surface area contributed by atoms with Gasteiger partial charge in [-0.25, -0.2) is 0 Å². The van der Waals surface area contributed by atoms with Gasteiger partial charge in [0, 0.05) is 17.3 Å². The lowest BCUT2D eigenvalue weighted by Crippen LogP contribution is -2.34. The molecule has 0 aliphatic rings. The van der Waals surface area contributed by atoms with E-state index in [0.717, 1.165) is 17.1 Å². The van der Waals surface area contributed by atoms with E-state index in [1.54, 1.807) is 17.0 Å². The minimum absolute atomic E-state index is 0.122. The van der Waals surface area contributed by atoms with Crippen molar-refractivity contribution >= 4 is 34.5 Å². The molecule has 2 aromatic rings. The van der Waals surface area contributed by atoms with Gasteiger partial charge in [0.2, 0.25) is 5.01 Å². The number of aryl methyl sites for hydroxylation is 1. The molecule has 21 heavy (non-hydrogen) atoms. The van der Waals surface area contributed by atoms with Crippen molar-refractivity contribution in [2.24, 2.45) is 5.92 Å². The van der Waals surface area contributed by atoms with Gasteiger partial charge < -0.3 is 4.90 Å². The van der Waals surface area contributed by atoms with Gasteiger partial charge in [-0.3, -0.25) is 4.79 Å². The number of hydrogen-bond donors (Lipinski definition) is 0. The molecular weight excluding hydrogens is 306 g/mol. The van der Waals surface area contributed by atoms with Gasteiger partial charge >= 0.3 is 0 Å². The van der Waals surface area contributed by atoms with Gasteiger partial charge in [0.15, 0.2) is 0 Å². The van der Waals surface area contributed by atoms with Gasteiger partial charge in [0.05, 0.1) is 0 Å². The Kier molecular flexibility index (Phi) is 5.31. The van der Waals surface area contributed by atoms with Crippen molar-refractivity contribution in [3.8, 4) is 0 Å². The quantitative estimate of drug-likeness (QED) is 0.833. The van der Waals surface area contributed by atoms with Crippen LogP contribution in [0.2, 0.25) is 5.02 Å². The summed E-state index contributed by atoms with van der Waals surface area (Å²) in [6, 6.07) is 7.32. The number of amides is 1. The fraction of sp³-hybridized carbons (Fsp3) is 0.400. The number of halogens is 1. The van der Waals surface area contributed by atoms with E-state index in [1.807, 2.05) is 19.1 Å². The molecular formula is C15H18ClN3OS. The summed E-state index contributed by atoms with van der Waals surface area (Å²) in [5, 5.41) is 9.94. The zero-order valence-electron chi connectivity index (χ0n) is 12.3. The van der Waals surface area contributed by atoms with E-state index in [4.69, 9.17) is 11.6 Å². The summed E-state index contributed by atoms with van der Waals surface area (Å²) in [6.45, 7) is 6.75. The molecule has 0 N–H and O–H groups in total. The average Bonchev–Trinajstić information content (AvgIpc) is 2.92. The SMILES string of the molecule is CCc1nnc(C(=O)N(CC(C)C)c2cccc(Cl)c2)s1. The molecule has 1 aromatic carbocycles. The first-order chi connectivity index (χ1) is 10.0. The molecule has 0 fully saturated rings. The minimum Gasteiger partial charge on any atom is -0.306 e. The molecule has 0 aliphatic carbocycles. The van der Waals surface area contributed by atoms with Crippen LogP contribution < -0.4 is 4.90 Å². The first-order valence-electron chi connectivity index (χ1n) is 6.91. The van der Waals surface area contributed by atoms with Crippen LogP contribution >= 0.6 is 22.9 Å². The third kappa shape index (κ3) is 4.02. The molecule has 0 radical (unpaired) electrons. The van der Waals surface area contributed by atoms with Gasteiger partial charge in [-0.05, 0) is 30.5 Å². The van der Waals surface area contributed by atoms with Crippen LogP contribution in [-0.4, -0.2) is 22.6 Å². The van der Waals surface area contributed by atoms with Crippen LogP contribution in [0, 0.1) is 5.92 Å². The largest absolute Gasteiger partial charge is 0.306 e. The van der Waals surface area contributed by atoms with E-state index < -0.39 is 0 Å². The first kappa shape index (κ1) is 15.9. The fourth-order valence-corrected chi connectivity index (χ4v) is 2.83. The zero-order valence-corrected chi connectivity index (χ0v) is 13.9. The third-order valence-electron chi connectivity index (χ3n) is 2.87. The Bertz CT molecular complexity index is 627. The van der Waals surface area contributed by atoms with Gasteiger partial charge in [-0.1, -0.05) is 49.8 Å². The first-order valence-corrected chi connectivity index (χ1v) is 8.10. The summed E-state index contributed by atoms with van der Waals surface area (Å²) >= 11 is 7.39. The summed E-state index contributed by atoms with van der Waals surface area (Å²) < 4.78 is 0. The molecule has 0 saturated heterocycles. The maximum Gasteiger partial charge on any atom is 0.289 e. The van der Waals surface area contributed by atoms with Crippen molar-refractivity contribution in [3.63, 3.8) is 0 Å². The summed E-state index contributed by atoms with van der Waals surface area (Å²) in [4.78, 5) is 14.4. The maximum absolute atomic E-state index is 12.7. The Morgan fingerprint density at radius 3 is 2.71 bits per heavy atom. The van der Waals surface area contributed by atoms with Crippen molar-refractivity contribution < 1.29 is 4.79 Å². The molecule has 112 valence electrons. The standard InChI is InChI=1S/C15H18ClN3OS/c1-4-13-17-18-14(21-13)15(20)19(9-10(2)3)12-7-5-6-11(16)8-12/h5-8,10H,4,9H2,1-3H3. The summed E-state index contributed by atoms with van der Waals surface area (Å²) in [7, 11) is 0. The lowest BCUT2D eigenvalue weighted by Gasteiger charge is -2.23. The second kappa shape index (κ2) is 7.00. The number of rotatable bonds is 5. The van der Waals surface area contributed by atoms with E-state index in [-0.39, 0.29) is 5.91 Å². The van der Waals surface area contributed by atoms with Crippen LogP contribution in [0.5, 0.6) is 0 Å². The Hall–Kier alpha value is -1.46. The van der Waals surface area contributed by atoms with Gasteiger partial charge in [0.1, 0.15) is 5.01 Å². The molecule has 0 bridgehead atoms. The van der Waals surface area contributed by atoms with Crippen LogP contribution in [0.4, 0.5) is 5.69 Å². The maximum atomic E-state index is 12.7. The predicted molar refractivity (Wildman–Crippen MR) is 87.3 cm³/mol. The molecule has 0 aliphatic heterocycles. The van der Waals surface area contributed by atoms with Crippen LogP contribution in [-0.2, 0) is 6.42 Å². The summed E-state index contributed by atoms with van der Waals surface area (Å²) in [5.74, 6) is 0.217. The molecule has 0 saturated carbocycles. The van der Waals surface area contributed by atoms with Crippen molar-refractivity contribution in [1.82, 2.24) is 10.2 Å². The van der Waals surface area contributed by atoms with Gasteiger partial charge in [0.25, 0.3) is 5.91 Å². The Morgan fingerprint density at radius 1 is 1.38 bits per heavy atom. The Balaban J connectivity index is 2.33. The number of carbonyl (C=O) groups excluding carboxylic acids is 1. The van der Waals surface area contributed by atoms with Crippen LogP contribution in [0.1, 0.15) is 35.6 Å². The second-order valence-electron chi connectivity index (χ2n) is 5.14. The summed E-state index contributed by atoms with van der Waals surface area (Å²) in [5.41, 5.74) is 0.787. The molecule has 0 spiro atoms. The van der Waals surface area contributed by atoms with Crippen LogP contribution in [0.3, 0.4) is 0 Å². The molecule has 4 nitrogen and oxygen atoms in total. The zero-order chi connectivity index (χ0) is 15.4. The highest BCUT2D eigenvalue weighted by molar-refractivity contribution is 7.13. The second-order valence-corrected chi connectivity index (χ2v) is 6.64. The lowest BCUT2D eigenvalue weighted by atomic mass is 10.2. The fourth-order valence-electron chi connectivity index (χ4n) is 1.91.